The Morgan fingerprint density at radius 1 is 1.03 bits per heavy atom. The molecule has 2 aromatic carbocycles. The molecule has 33 heavy (non-hydrogen) atoms. The first-order valence-corrected chi connectivity index (χ1v) is 11.3. The first kappa shape index (κ1) is 21.2. The van der Waals surface area contributed by atoms with Gasteiger partial charge in [-0.2, -0.15) is 0 Å². The molecule has 2 heterocycles. The molecule has 168 valence electrons. The molecule has 0 atom stereocenters. The Labute approximate surface area is 193 Å². The zero-order chi connectivity index (χ0) is 23.1. The van der Waals surface area contributed by atoms with Crippen molar-refractivity contribution in [3.05, 3.63) is 78.8 Å². The molecular formula is C27H28N4O2. The van der Waals surface area contributed by atoms with Crippen LogP contribution in [0.15, 0.2) is 73.2 Å². The summed E-state index contributed by atoms with van der Waals surface area (Å²) >= 11 is 0. The van der Waals surface area contributed by atoms with E-state index in [9.17, 15) is 4.79 Å². The molecule has 1 fully saturated rings. The van der Waals surface area contributed by atoms with Crippen molar-refractivity contribution in [1.82, 2.24) is 19.7 Å². The van der Waals surface area contributed by atoms with Crippen molar-refractivity contribution >= 4 is 11.9 Å². The molecule has 0 saturated heterocycles. The van der Waals surface area contributed by atoms with Crippen LogP contribution in [0.2, 0.25) is 0 Å². The van der Waals surface area contributed by atoms with Gasteiger partial charge in [0.15, 0.2) is 0 Å². The van der Waals surface area contributed by atoms with Gasteiger partial charge in [-0.3, -0.25) is 4.40 Å². The van der Waals surface area contributed by atoms with E-state index in [4.69, 9.17) is 9.72 Å². The topological polar surface area (TPSA) is 68.5 Å². The number of carbonyl (C=O) groups excluding carboxylic acids is 1. The van der Waals surface area contributed by atoms with E-state index < -0.39 is 5.60 Å². The predicted octanol–water partition coefficient (Wildman–Crippen LogP) is 5.97. The Morgan fingerprint density at radius 2 is 1.76 bits per heavy atom. The van der Waals surface area contributed by atoms with Crippen LogP contribution in [0.3, 0.4) is 0 Å². The molecular weight excluding hydrogens is 412 g/mol. The van der Waals surface area contributed by atoms with Crippen LogP contribution < -0.4 is 5.32 Å². The lowest BCUT2D eigenvalue weighted by atomic mass is 9.71. The highest BCUT2D eigenvalue weighted by Gasteiger charge is 2.41. The van der Waals surface area contributed by atoms with Crippen LogP contribution in [0.1, 0.15) is 45.6 Å². The third kappa shape index (κ3) is 4.21. The van der Waals surface area contributed by atoms with E-state index in [-0.39, 0.29) is 11.6 Å². The number of nitrogens with zero attached hydrogens (tertiary/aromatic N) is 3. The molecule has 1 saturated carbocycles. The second-order valence-corrected chi connectivity index (χ2v) is 9.64. The maximum absolute atomic E-state index is 12.5. The van der Waals surface area contributed by atoms with Crippen LogP contribution in [0.4, 0.5) is 4.79 Å². The van der Waals surface area contributed by atoms with E-state index in [0.29, 0.717) is 5.78 Å². The fourth-order valence-electron chi connectivity index (χ4n) is 4.36. The average Bonchev–Trinajstić information content (AvgIpc) is 3.23. The first-order valence-electron chi connectivity index (χ1n) is 11.3. The Morgan fingerprint density at radius 3 is 2.39 bits per heavy atom. The molecule has 1 aliphatic carbocycles. The maximum Gasteiger partial charge on any atom is 0.408 e. The number of amides is 1. The highest BCUT2D eigenvalue weighted by Crippen LogP contribution is 2.42. The summed E-state index contributed by atoms with van der Waals surface area (Å²) in [4.78, 5) is 21.7. The number of hydrogen-bond acceptors (Lipinski definition) is 4. The highest BCUT2D eigenvalue weighted by atomic mass is 16.6. The molecule has 0 radical (unpaired) electrons. The average molecular weight is 441 g/mol. The highest BCUT2D eigenvalue weighted by molar-refractivity contribution is 5.81. The summed E-state index contributed by atoms with van der Waals surface area (Å²) in [6.07, 6.45) is 8.25. The quantitative estimate of drug-likeness (QED) is 0.425. The summed E-state index contributed by atoms with van der Waals surface area (Å²) in [7, 11) is 0. The van der Waals surface area contributed by atoms with Gasteiger partial charge in [0, 0.05) is 29.7 Å². The number of nitrogens with one attached hydrogen (secondary N) is 1. The third-order valence-electron chi connectivity index (χ3n) is 6.13. The van der Waals surface area contributed by atoms with Gasteiger partial charge in [-0.05, 0) is 51.2 Å². The van der Waals surface area contributed by atoms with Crippen LogP contribution in [-0.2, 0) is 10.3 Å². The summed E-state index contributed by atoms with van der Waals surface area (Å²) in [5.74, 6) is 0.663. The van der Waals surface area contributed by atoms with Crippen molar-refractivity contribution < 1.29 is 9.53 Å². The molecule has 4 aromatic rings. The van der Waals surface area contributed by atoms with Crippen LogP contribution >= 0.6 is 0 Å². The molecule has 6 nitrogen and oxygen atoms in total. The maximum atomic E-state index is 12.5. The number of ether oxygens (including phenoxy) is 1. The van der Waals surface area contributed by atoms with Crippen LogP contribution in [0.5, 0.6) is 0 Å². The van der Waals surface area contributed by atoms with Gasteiger partial charge in [0.25, 0.3) is 0 Å². The lowest BCUT2D eigenvalue weighted by Crippen LogP contribution is -2.52. The zero-order valence-electron chi connectivity index (χ0n) is 19.2. The Hall–Kier alpha value is -3.67. The Balaban J connectivity index is 1.49. The molecule has 0 spiro atoms. The molecule has 1 amide bonds. The number of rotatable bonds is 4. The minimum Gasteiger partial charge on any atom is -0.444 e. The number of hydrogen-bond donors (Lipinski definition) is 1. The number of aromatic nitrogens is 3. The van der Waals surface area contributed by atoms with Crippen molar-refractivity contribution in [1.29, 1.82) is 0 Å². The summed E-state index contributed by atoms with van der Waals surface area (Å²) in [6, 6.07) is 18.6. The van der Waals surface area contributed by atoms with Gasteiger partial charge >= 0.3 is 6.09 Å². The molecule has 1 aliphatic rings. The molecule has 5 rings (SSSR count). The van der Waals surface area contributed by atoms with E-state index in [1.54, 1.807) is 6.20 Å². The number of alkyl carbamates (subject to hydrolysis) is 1. The van der Waals surface area contributed by atoms with Gasteiger partial charge in [0.05, 0.1) is 11.2 Å². The minimum atomic E-state index is -0.524. The Kier molecular flexibility index (Phi) is 5.16. The van der Waals surface area contributed by atoms with Crippen molar-refractivity contribution in [3.8, 4) is 22.4 Å². The summed E-state index contributed by atoms with van der Waals surface area (Å²) in [5, 5.41) is 3.13. The third-order valence-corrected chi connectivity index (χ3v) is 6.13. The second-order valence-electron chi connectivity index (χ2n) is 9.64. The van der Waals surface area contributed by atoms with Crippen LogP contribution in [-0.4, -0.2) is 26.1 Å². The van der Waals surface area contributed by atoms with Gasteiger partial charge in [0.1, 0.15) is 5.60 Å². The molecule has 1 N–H and O–H groups in total. The number of fused-ring (bicyclic) bond motifs is 1. The summed E-state index contributed by atoms with van der Waals surface area (Å²) in [5.41, 5.74) is 4.23. The van der Waals surface area contributed by atoms with Gasteiger partial charge in [-0.25, -0.2) is 14.8 Å². The zero-order valence-corrected chi connectivity index (χ0v) is 19.2. The lowest BCUT2D eigenvalue weighted by Gasteiger charge is -2.43. The molecule has 2 aromatic heterocycles. The van der Waals surface area contributed by atoms with Crippen molar-refractivity contribution in [2.75, 3.05) is 0 Å². The smallest absolute Gasteiger partial charge is 0.408 e. The SMILES string of the molecule is CC(C)(C)OC(=O)NC1(c2ccc(-c3nc4nccn4cc3-c3ccccc3)cc2)CCC1. The minimum absolute atomic E-state index is 0.371. The Bertz CT molecular complexity index is 1280. The molecule has 6 heteroatoms. The van der Waals surface area contributed by atoms with Gasteiger partial charge < -0.3 is 10.1 Å². The number of benzene rings is 2. The lowest BCUT2D eigenvalue weighted by molar-refractivity contribution is 0.0377. The first-order chi connectivity index (χ1) is 15.8. The van der Waals surface area contributed by atoms with Crippen molar-refractivity contribution in [3.63, 3.8) is 0 Å². The van der Waals surface area contributed by atoms with E-state index in [1.165, 1.54) is 0 Å². The number of carbonyl (C=O) groups is 1. The van der Waals surface area contributed by atoms with E-state index in [1.807, 2.05) is 49.6 Å². The second kappa shape index (κ2) is 8.03. The van der Waals surface area contributed by atoms with Crippen molar-refractivity contribution in [2.45, 2.75) is 51.2 Å². The van der Waals surface area contributed by atoms with E-state index in [0.717, 1.165) is 47.2 Å². The standard InChI is InChI=1S/C27H28N4O2/c1-26(2,3)33-25(32)30-27(14-7-15-27)21-12-10-20(11-13-21)23-22(19-8-5-4-6-9-19)18-31-17-16-28-24(31)29-23/h4-6,8-13,16-18H,7,14-15H2,1-3H3,(H,30,32). The van der Waals surface area contributed by atoms with Gasteiger partial charge in [-0.1, -0.05) is 54.6 Å². The molecule has 0 aliphatic heterocycles. The van der Waals surface area contributed by atoms with Crippen LogP contribution in [0, 0.1) is 0 Å². The predicted molar refractivity (Wildman–Crippen MR) is 129 cm³/mol. The summed E-state index contributed by atoms with van der Waals surface area (Å²) in [6.45, 7) is 5.63. The number of imidazole rings is 1. The monoisotopic (exact) mass is 440 g/mol. The van der Waals surface area contributed by atoms with Gasteiger partial charge in [-0.15, -0.1) is 0 Å². The fraction of sp³-hybridized carbons (Fsp3) is 0.296. The van der Waals surface area contributed by atoms with Crippen molar-refractivity contribution in [2.24, 2.45) is 0 Å². The fourth-order valence-corrected chi connectivity index (χ4v) is 4.36. The van der Waals surface area contributed by atoms with Crippen LogP contribution in [0.25, 0.3) is 28.2 Å². The largest absolute Gasteiger partial charge is 0.444 e. The van der Waals surface area contributed by atoms with E-state index in [2.05, 4.69) is 52.9 Å². The molecule has 0 bridgehead atoms. The summed E-state index contributed by atoms with van der Waals surface area (Å²) < 4.78 is 7.45. The van der Waals surface area contributed by atoms with E-state index >= 15 is 0 Å². The normalized spacial score (nSPS) is 15.1. The molecule has 0 unspecified atom stereocenters. The van der Waals surface area contributed by atoms with Gasteiger partial charge in [0.2, 0.25) is 5.78 Å².